The highest BCUT2D eigenvalue weighted by Gasteiger charge is 2.30. The summed E-state index contributed by atoms with van der Waals surface area (Å²) in [5.41, 5.74) is 3.62. The van der Waals surface area contributed by atoms with Gasteiger partial charge in [-0.05, 0) is 60.9 Å². The highest BCUT2D eigenvalue weighted by molar-refractivity contribution is 5.78. The van der Waals surface area contributed by atoms with Gasteiger partial charge < -0.3 is 5.32 Å². The molecule has 0 amide bonds. The minimum atomic E-state index is -0.441. The number of nitrogens with zero attached hydrogens (tertiary/aromatic N) is 5. The molecule has 7 heteroatoms. The monoisotopic (exact) mass is 460 g/mol. The van der Waals surface area contributed by atoms with E-state index in [1.165, 1.54) is 50.9 Å². The molecule has 4 heterocycles. The lowest BCUT2D eigenvalue weighted by molar-refractivity contribution is 0.142. The molecule has 178 valence electrons. The number of nitrogens with one attached hydrogen (secondary N) is 1. The average molecular weight is 461 g/mol. The van der Waals surface area contributed by atoms with Gasteiger partial charge in [-0.2, -0.15) is 0 Å². The molecule has 1 N–H and O–H groups in total. The first-order chi connectivity index (χ1) is 16.5. The molecule has 5 rings (SSSR count). The number of aryl methyl sites for hydroxylation is 1. The van der Waals surface area contributed by atoms with E-state index >= 15 is 0 Å². The van der Waals surface area contributed by atoms with Crippen molar-refractivity contribution >= 4 is 17.0 Å². The minimum absolute atomic E-state index is 0.311. The van der Waals surface area contributed by atoms with Crippen LogP contribution in [0, 0.1) is 11.2 Å². The van der Waals surface area contributed by atoms with E-state index in [-0.39, 0.29) is 0 Å². The van der Waals surface area contributed by atoms with Gasteiger partial charge in [-0.15, -0.1) is 5.10 Å². The summed E-state index contributed by atoms with van der Waals surface area (Å²) in [7, 11) is 0. The van der Waals surface area contributed by atoms with E-state index in [0.29, 0.717) is 23.0 Å². The zero-order valence-electron chi connectivity index (χ0n) is 20.3. The summed E-state index contributed by atoms with van der Waals surface area (Å²) >= 11 is 0. The standard InChI is InChI=1S/C18H15FN6.C9H18/c1-2-12-7-10-25-16(12)18(22-14-6-9-20-11-13(14)19)23-17(24-25)15-5-3-4-8-21-15;1-3-4-6-9(2)7-5-8-9/h3-11H,2H2,1H3,(H,20,22,23,24);3-8H2,1-2H3. The first-order valence-corrected chi connectivity index (χ1v) is 12.2. The smallest absolute Gasteiger partial charge is 0.200 e. The molecule has 4 aromatic heterocycles. The number of pyridine rings is 2. The first kappa shape index (κ1) is 23.8. The van der Waals surface area contributed by atoms with Gasteiger partial charge >= 0.3 is 0 Å². The van der Waals surface area contributed by atoms with Crippen LogP contribution in [0.2, 0.25) is 0 Å². The lowest BCUT2D eigenvalue weighted by Gasteiger charge is -2.38. The number of hydrogen-bond donors (Lipinski definition) is 1. The maximum Gasteiger partial charge on any atom is 0.200 e. The third kappa shape index (κ3) is 5.41. The number of anilines is 2. The van der Waals surface area contributed by atoms with Crippen LogP contribution < -0.4 is 5.32 Å². The van der Waals surface area contributed by atoms with Crippen LogP contribution in [0.15, 0.2) is 55.1 Å². The molecular weight excluding hydrogens is 427 g/mol. The van der Waals surface area contributed by atoms with Crippen molar-refractivity contribution in [1.29, 1.82) is 0 Å². The Bertz CT molecular complexity index is 1220. The van der Waals surface area contributed by atoms with Gasteiger partial charge in [-0.3, -0.25) is 9.97 Å². The topological polar surface area (TPSA) is 68.0 Å². The van der Waals surface area contributed by atoms with Crippen LogP contribution in [0.3, 0.4) is 0 Å². The second-order valence-electron chi connectivity index (χ2n) is 9.23. The summed E-state index contributed by atoms with van der Waals surface area (Å²) in [5, 5.41) is 7.61. The van der Waals surface area contributed by atoms with E-state index in [2.05, 4.69) is 46.1 Å². The molecule has 0 aliphatic heterocycles. The Kier molecular flexibility index (Phi) is 7.50. The predicted molar refractivity (Wildman–Crippen MR) is 135 cm³/mol. The third-order valence-corrected chi connectivity index (χ3v) is 6.59. The maximum atomic E-state index is 14.0. The summed E-state index contributed by atoms with van der Waals surface area (Å²) in [5.74, 6) is 0.550. The Morgan fingerprint density at radius 2 is 1.97 bits per heavy atom. The van der Waals surface area contributed by atoms with Gasteiger partial charge in [0.15, 0.2) is 11.6 Å². The minimum Gasteiger partial charge on any atom is -0.336 e. The van der Waals surface area contributed by atoms with Gasteiger partial charge in [-0.25, -0.2) is 13.9 Å². The maximum absolute atomic E-state index is 14.0. The molecule has 1 aliphatic carbocycles. The van der Waals surface area contributed by atoms with E-state index in [9.17, 15) is 4.39 Å². The number of halogens is 1. The lowest BCUT2D eigenvalue weighted by Crippen LogP contribution is -2.24. The van der Waals surface area contributed by atoms with Crippen LogP contribution in [0.1, 0.15) is 64.9 Å². The average Bonchev–Trinajstić information content (AvgIpc) is 3.27. The molecule has 0 unspecified atom stereocenters. The third-order valence-electron chi connectivity index (χ3n) is 6.59. The Morgan fingerprint density at radius 1 is 1.12 bits per heavy atom. The molecular formula is C27H33FN6. The second kappa shape index (κ2) is 10.7. The molecule has 1 aliphatic rings. The van der Waals surface area contributed by atoms with Crippen LogP contribution in [0.25, 0.3) is 17.0 Å². The zero-order valence-corrected chi connectivity index (χ0v) is 20.3. The van der Waals surface area contributed by atoms with Gasteiger partial charge in [0, 0.05) is 18.6 Å². The van der Waals surface area contributed by atoms with E-state index < -0.39 is 5.82 Å². The van der Waals surface area contributed by atoms with Crippen LogP contribution in [0.4, 0.5) is 15.9 Å². The quantitative estimate of drug-likeness (QED) is 0.322. The molecule has 1 saturated carbocycles. The lowest BCUT2D eigenvalue weighted by atomic mass is 9.68. The van der Waals surface area contributed by atoms with Crippen LogP contribution in [-0.2, 0) is 6.42 Å². The van der Waals surface area contributed by atoms with E-state index in [4.69, 9.17) is 0 Å². The SMILES string of the molecule is CCCCC1(C)CCC1.CCc1ccn2nc(-c3ccccn3)nc(Nc3ccncc3F)c12. The molecule has 0 saturated heterocycles. The molecule has 0 bridgehead atoms. The summed E-state index contributed by atoms with van der Waals surface area (Å²) in [6.45, 7) is 6.77. The number of rotatable bonds is 7. The van der Waals surface area contributed by atoms with Crippen molar-refractivity contribution in [2.75, 3.05) is 5.32 Å². The summed E-state index contributed by atoms with van der Waals surface area (Å²) in [6, 6.07) is 9.10. The van der Waals surface area contributed by atoms with Crippen LogP contribution in [-0.4, -0.2) is 24.6 Å². The molecule has 1 fully saturated rings. The number of unbranched alkanes of at least 4 members (excludes halogenated alkanes) is 1. The van der Waals surface area contributed by atoms with Gasteiger partial charge in [0.25, 0.3) is 0 Å². The van der Waals surface area contributed by atoms with Gasteiger partial charge in [0.05, 0.1) is 11.9 Å². The molecule has 0 radical (unpaired) electrons. The van der Waals surface area contributed by atoms with Crippen molar-refractivity contribution in [3.63, 3.8) is 0 Å². The van der Waals surface area contributed by atoms with Crippen molar-refractivity contribution < 1.29 is 4.39 Å². The molecule has 0 aromatic carbocycles. The van der Waals surface area contributed by atoms with E-state index in [1.807, 2.05) is 30.5 Å². The fraction of sp³-hybridized carbons (Fsp3) is 0.407. The fourth-order valence-corrected chi connectivity index (χ4v) is 4.30. The molecule has 6 nitrogen and oxygen atoms in total. The van der Waals surface area contributed by atoms with Crippen LogP contribution >= 0.6 is 0 Å². The number of aromatic nitrogens is 5. The summed E-state index contributed by atoms with van der Waals surface area (Å²) < 4.78 is 15.8. The zero-order chi connectivity index (χ0) is 24.0. The van der Waals surface area contributed by atoms with E-state index in [0.717, 1.165) is 22.9 Å². The largest absolute Gasteiger partial charge is 0.336 e. The fourth-order valence-electron chi connectivity index (χ4n) is 4.30. The van der Waals surface area contributed by atoms with Gasteiger partial charge in [0.1, 0.15) is 11.2 Å². The molecule has 0 spiro atoms. The molecule has 34 heavy (non-hydrogen) atoms. The van der Waals surface area contributed by atoms with Gasteiger partial charge in [0.2, 0.25) is 5.82 Å². The van der Waals surface area contributed by atoms with Gasteiger partial charge in [-0.1, -0.05) is 46.1 Å². The van der Waals surface area contributed by atoms with E-state index in [1.54, 1.807) is 16.8 Å². The Hall–Kier alpha value is -3.35. The summed E-state index contributed by atoms with van der Waals surface area (Å²) in [4.78, 5) is 12.7. The normalized spacial score (nSPS) is 14.2. The number of hydrogen-bond acceptors (Lipinski definition) is 5. The highest BCUT2D eigenvalue weighted by atomic mass is 19.1. The molecule has 0 atom stereocenters. The Balaban J connectivity index is 0.000000257. The summed E-state index contributed by atoms with van der Waals surface area (Å²) in [6.07, 6.45) is 15.8. The van der Waals surface area contributed by atoms with Crippen molar-refractivity contribution in [3.05, 3.63) is 66.5 Å². The van der Waals surface area contributed by atoms with Crippen LogP contribution in [0.5, 0.6) is 0 Å². The Morgan fingerprint density at radius 3 is 2.62 bits per heavy atom. The van der Waals surface area contributed by atoms with Crippen molar-refractivity contribution in [1.82, 2.24) is 24.6 Å². The second-order valence-corrected chi connectivity index (χ2v) is 9.23. The molecule has 4 aromatic rings. The Labute approximate surface area is 200 Å². The van der Waals surface area contributed by atoms with Crippen molar-refractivity contribution in [3.8, 4) is 11.5 Å². The highest BCUT2D eigenvalue weighted by Crippen LogP contribution is 2.44. The predicted octanol–water partition coefficient (Wildman–Crippen LogP) is 7.00. The van der Waals surface area contributed by atoms with Crippen molar-refractivity contribution in [2.45, 2.75) is 65.7 Å². The first-order valence-electron chi connectivity index (χ1n) is 12.2. The number of fused-ring (bicyclic) bond motifs is 1. The van der Waals surface area contributed by atoms with Crippen molar-refractivity contribution in [2.24, 2.45) is 5.41 Å².